The van der Waals surface area contributed by atoms with Crippen molar-refractivity contribution >= 4 is 17.5 Å². The Balaban J connectivity index is 1.27. The van der Waals surface area contributed by atoms with Gasteiger partial charge in [-0.3, -0.25) is 0 Å². The average Bonchev–Trinajstić information content (AvgIpc) is 3.54. The van der Waals surface area contributed by atoms with Crippen molar-refractivity contribution in [3.05, 3.63) is 76.9 Å². The Labute approximate surface area is 193 Å². The minimum absolute atomic E-state index is 0.0499. The SMILES string of the molecule is COC(C1=CC(=Cc2ccc(N3CCCC3)cc2)CC1)c1ccc(N2CCCCC2)cc1. The third-order valence-corrected chi connectivity index (χ3v) is 7.28. The van der Waals surface area contributed by atoms with Crippen molar-refractivity contribution in [2.75, 3.05) is 43.1 Å². The molecule has 3 heteroatoms. The molecule has 2 fully saturated rings. The number of anilines is 2. The minimum Gasteiger partial charge on any atom is -0.372 e. The van der Waals surface area contributed by atoms with Crippen molar-refractivity contribution in [1.82, 2.24) is 0 Å². The van der Waals surface area contributed by atoms with E-state index < -0.39 is 0 Å². The number of allylic oxidation sites excluding steroid dienone is 2. The van der Waals surface area contributed by atoms with Crippen LogP contribution in [0.2, 0.25) is 0 Å². The predicted octanol–water partition coefficient (Wildman–Crippen LogP) is 6.77. The lowest BCUT2D eigenvalue weighted by Crippen LogP contribution is -2.29. The van der Waals surface area contributed by atoms with E-state index in [0.29, 0.717) is 0 Å². The standard InChI is InChI=1S/C29H36N2O/c1-32-29(25-11-15-28(16-12-25)30-17-3-2-4-18-30)26-10-7-24(22-26)21-23-8-13-27(14-9-23)31-19-5-6-20-31/h8-9,11-16,21-22,29H,2-7,10,17-20H2,1H3. The lowest BCUT2D eigenvalue weighted by Gasteiger charge is -2.29. The van der Waals surface area contributed by atoms with Gasteiger partial charge in [0.2, 0.25) is 0 Å². The van der Waals surface area contributed by atoms with Gasteiger partial charge in [-0.2, -0.15) is 0 Å². The summed E-state index contributed by atoms with van der Waals surface area (Å²) in [5, 5.41) is 0. The van der Waals surface area contributed by atoms with Crippen molar-refractivity contribution in [3.63, 3.8) is 0 Å². The van der Waals surface area contributed by atoms with Crippen LogP contribution in [0, 0.1) is 0 Å². The van der Waals surface area contributed by atoms with Crippen LogP contribution in [0.3, 0.4) is 0 Å². The fourth-order valence-electron chi connectivity index (χ4n) is 5.48. The molecule has 3 nitrogen and oxygen atoms in total. The summed E-state index contributed by atoms with van der Waals surface area (Å²) in [6.45, 7) is 4.77. The first kappa shape index (κ1) is 21.3. The second-order valence-electron chi connectivity index (χ2n) is 9.48. The molecule has 2 aromatic rings. The Bertz CT molecular complexity index is 946. The molecule has 0 bridgehead atoms. The van der Waals surface area contributed by atoms with Crippen LogP contribution in [0.25, 0.3) is 6.08 Å². The molecule has 0 aromatic heterocycles. The zero-order valence-corrected chi connectivity index (χ0v) is 19.4. The molecule has 2 aromatic carbocycles. The second-order valence-corrected chi connectivity index (χ2v) is 9.48. The third kappa shape index (κ3) is 4.78. The molecule has 0 N–H and O–H groups in total. The predicted molar refractivity (Wildman–Crippen MR) is 135 cm³/mol. The van der Waals surface area contributed by atoms with Crippen molar-refractivity contribution in [1.29, 1.82) is 0 Å². The maximum atomic E-state index is 5.96. The van der Waals surface area contributed by atoms with Gasteiger partial charge >= 0.3 is 0 Å². The molecule has 2 heterocycles. The van der Waals surface area contributed by atoms with Gasteiger partial charge in [-0.15, -0.1) is 0 Å². The van der Waals surface area contributed by atoms with Crippen LogP contribution in [-0.2, 0) is 4.74 Å². The van der Waals surface area contributed by atoms with E-state index in [0.717, 1.165) is 12.8 Å². The normalized spacial score (nSPS) is 21.3. The fourth-order valence-corrected chi connectivity index (χ4v) is 5.48. The number of methoxy groups -OCH3 is 1. The molecule has 0 radical (unpaired) electrons. The van der Waals surface area contributed by atoms with Gasteiger partial charge in [0.25, 0.3) is 0 Å². The van der Waals surface area contributed by atoms with Gasteiger partial charge in [-0.1, -0.05) is 36.4 Å². The van der Waals surface area contributed by atoms with E-state index >= 15 is 0 Å². The van der Waals surface area contributed by atoms with Crippen LogP contribution in [-0.4, -0.2) is 33.3 Å². The topological polar surface area (TPSA) is 15.7 Å². The van der Waals surface area contributed by atoms with E-state index in [9.17, 15) is 0 Å². The first-order valence-electron chi connectivity index (χ1n) is 12.4. The molecule has 32 heavy (non-hydrogen) atoms. The Morgan fingerprint density at radius 2 is 1.28 bits per heavy atom. The second kappa shape index (κ2) is 9.95. The molecule has 2 aliphatic heterocycles. The van der Waals surface area contributed by atoms with Crippen LogP contribution in [0.4, 0.5) is 11.4 Å². The number of hydrogen-bond donors (Lipinski definition) is 0. The van der Waals surface area contributed by atoms with Crippen LogP contribution >= 0.6 is 0 Å². The first-order chi connectivity index (χ1) is 15.8. The molecule has 2 saturated heterocycles. The van der Waals surface area contributed by atoms with E-state index in [-0.39, 0.29) is 6.10 Å². The molecule has 1 unspecified atom stereocenters. The highest BCUT2D eigenvalue weighted by Crippen LogP contribution is 2.37. The van der Waals surface area contributed by atoms with Gasteiger partial charge in [-0.25, -0.2) is 0 Å². The highest BCUT2D eigenvalue weighted by molar-refractivity contribution is 5.61. The van der Waals surface area contributed by atoms with E-state index in [1.54, 1.807) is 0 Å². The van der Waals surface area contributed by atoms with Gasteiger partial charge in [-0.05, 0) is 91.5 Å². The van der Waals surface area contributed by atoms with E-state index in [2.05, 4.69) is 70.5 Å². The summed E-state index contributed by atoms with van der Waals surface area (Å²) in [7, 11) is 1.84. The largest absolute Gasteiger partial charge is 0.372 e. The number of piperidine rings is 1. The van der Waals surface area contributed by atoms with Gasteiger partial charge < -0.3 is 14.5 Å². The quantitative estimate of drug-likeness (QED) is 0.505. The zero-order valence-electron chi connectivity index (χ0n) is 19.4. The maximum absolute atomic E-state index is 5.96. The summed E-state index contributed by atoms with van der Waals surface area (Å²) in [5.74, 6) is 0. The Kier molecular flexibility index (Phi) is 6.64. The zero-order chi connectivity index (χ0) is 21.8. The summed E-state index contributed by atoms with van der Waals surface area (Å²) in [5.41, 5.74) is 8.05. The van der Waals surface area contributed by atoms with Crippen LogP contribution in [0.15, 0.2) is 65.8 Å². The van der Waals surface area contributed by atoms with Gasteiger partial charge in [0.1, 0.15) is 6.10 Å². The number of benzene rings is 2. The molecular formula is C29H36N2O. The maximum Gasteiger partial charge on any atom is 0.103 e. The molecule has 1 atom stereocenters. The molecule has 3 aliphatic rings. The van der Waals surface area contributed by atoms with Gasteiger partial charge in [0, 0.05) is 44.7 Å². The lowest BCUT2D eigenvalue weighted by atomic mass is 10.00. The first-order valence-corrected chi connectivity index (χ1v) is 12.4. The Morgan fingerprint density at radius 3 is 1.88 bits per heavy atom. The van der Waals surface area contributed by atoms with E-state index in [1.165, 1.54) is 91.9 Å². The van der Waals surface area contributed by atoms with Crippen LogP contribution in [0.5, 0.6) is 0 Å². The summed E-state index contributed by atoms with van der Waals surface area (Å²) < 4.78 is 5.96. The van der Waals surface area contributed by atoms with Crippen molar-refractivity contribution in [3.8, 4) is 0 Å². The molecule has 1 aliphatic carbocycles. The van der Waals surface area contributed by atoms with E-state index in [1.807, 2.05) is 7.11 Å². The Morgan fingerprint density at radius 1 is 0.719 bits per heavy atom. The van der Waals surface area contributed by atoms with Crippen LogP contribution < -0.4 is 9.80 Å². The van der Waals surface area contributed by atoms with Gasteiger partial charge in [0.05, 0.1) is 0 Å². The summed E-state index contributed by atoms with van der Waals surface area (Å²) >= 11 is 0. The van der Waals surface area contributed by atoms with Crippen LogP contribution in [0.1, 0.15) is 62.2 Å². The molecule has 0 saturated carbocycles. The summed E-state index contributed by atoms with van der Waals surface area (Å²) in [6.07, 6.45) is 13.5. The number of nitrogens with zero attached hydrogens (tertiary/aromatic N) is 2. The molecule has 168 valence electrons. The number of hydrogen-bond acceptors (Lipinski definition) is 3. The third-order valence-electron chi connectivity index (χ3n) is 7.28. The summed E-state index contributed by atoms with van der Waals surface area (Å²) in [6, 6.07) is 18.2. The van der Waals surface area contributed by atoms with Crippen molar-refractivity contribution in [2.45, 2.75) is 51.0 Å². The van der Waals surface area contributed by atoms with Crippen molar-refractivity contribution in [2.24, 2.45) is 0 Å². The highest BCUT2D eigenvalue weighted by atomic mass is 16.5. The minimum atomic E-state index is 0.0499. The van der Waals surface area contributed by atoms with E-state index in [4.69, 9.17) is 4.74 Å². The monoisotopic (exact) mass is 428 g/mol. The van der Waals surface area contributed by atoms with Crippen molar-refractivity contribution < 1.29 is 4.74 Å². The molecule has 5 rings (SSSR count). The fraction of sp³-hybridized carbons (Fsp3) is 0.448. The average molecular weight is 429 g/mol. The number of ether oxygens (including phenoxy) is 1. The number of rotatable bonds is 6. The smallest absolute Gasteiger partial charge is 0.103 e. The Hall–Kier alpha value is -2.52. The highest BCUT2D eigenvalue weighted by Gasteiger charge is 2.21. The molecule has 0 amide bonds. The summed E-state index contributed by atoms with van der Waals surface area (Å²) in [4.78, 5) is 5.00. The molecule has 0 spiro atoms. The van der Waals surface area contributed by atoms with Gasteiger partial charge in [0.15, 0.2) is 0 Å². The lowest BCUT2D eigenvalue weighted by molar-refractivity contribution is 0.131. The molecular weight excluding hydrogens is 392 g/mol.